The Morgan fingerprint density at radius 3 is 2.88 bits per heavy atom. The van der Waals surface area contributed by atoms with Crippen LogP contribution >= 0.6 is 11.3 Å². The molecule has 0 bridgehead atoms. The lowest BCUT2D eigenvalue weighted by Gasteiger charge is -2.06. The molecule has 24 heavy (non-hydrogen) atoms. The molecule has 8 heteroatoms. The van der Waals surface area contributed by atoms with E-state index in [0.29, 0.717) is 18.1 Å². The maximum absolute atomic E-state index is 12.1. The highest BCUT2D eigenvalue weighted by Crippen LogP contribution is 2.21. The highest BCUT2D eigenvalue weighted by Gasteiger charge is 2.13. The summed E-state index contributed by atoms with van der Waals surface area (Å²) in [4.78, 5) is 5.19. The molecule has 0 radical (unpaired) electrons. The zero-order chi connectivity index (χ0) is 17.0. The smallest absolute Gasteiger partial charge is 0.228 e. The topological polar surface area (TPSA) is 85.1 Å². The van der Waals surface area contributed by atoms with Crippen LogP contribution in [0.1, 0.15) is 17.0 Å². The van der Waals surface area contributed by atoms with Crippen LogP contribution in [0.15, 0.2) is 46.3 Å². The predicted molar refractivity (Wildman–Crippen MR) is 93.1 cm³/mol. The molecule has 2 aromatic heterocycles. The molecular formula is C16H17N3O3S2. The maximum atomic E-state index is 12.1. The summed E-state index contributed by atoms with van der Waals surface area (Å²) in [5.74, 6) is 0.901. The Labute approximate surface area is 144 Å². The molecule has 0 aliphatic rings. The van der Waals surface area contributed by atoms with E-state index in [9.17, 15) is 8.42 Å². The lowest BCUT2D eigenvalue weighted by atomic mass is 10.2. The first-order chi connectivity index (χ1) is 11.5. The van der Waals surface area contributed by atoms with Gasteiger partial charge in [-0.15, -0.1) is 11.3 Å². The molecule has 1 N–H and O–H groups in total. The molecule has 0 fully saturated rings. The Morgan fingerprint density at radius 2 is 2.12 bits per heavy atom. The van der Waals surface area contributed by atoms with Crippen molar-refractivity contribution >= 4 is 21.4 Å². The monoisotopic (exact) mass is 363 g/mol. The van der Waals surface area contributed by atoms with Gasteiger partial charge in [0.15, 0.2) is 0 Å². The van der Waals surface area contributed by atoms with E-state index >= 15 is 0 Å². The third-order valence-corrected chi connectivity index (χ3v) is 5.53. The zero-order valence-electron chi connectivity index (χ0n) is 13.1. The molecule has 0 atom stereocenters. The summed E-state index contributed by atoms with van der Waals surface area (Å²) in [5, 5.41) is 5.83. The van der Waals surface area contributed by atoms with Gasteiger partial charge in [-0.2, -0.15) is 4.98 Å². The van der Waals surface area contributed by atoms with E-state index < -0.39 is 10.0 Å². The number of thiophene rings is 1. The van der Waals surface area contributed by atoms with Crippen molar-refractivity contribution < 1.29 is 12.9 Å². The second kappa shape index (κ2) is 7.25. The summed E-state index contributed by atoms with van der Waals surface area (Å²) in [6, 6.07) is 11.3. The molecule has 2 heterocycles. The van der Waals surface area contributed by atoms with E-state index in [2.05, 4.69) is 14.9 Å². The van der Waals surface area contributed by atoms with Gasteiger partial charge in [0, 0.05) is 13.0 Å². The lowest BCUT2D eigenvalue weighted by molar-refractivity contribution is 0.379. The fourth-order valence-electron chi connectivity index (χ4n) is 2.25. The van der Waals surface area contributed by atoms with E-state index in [0.717, 1.165) is 16.0 Å². The highest BCUT2D eigenvalue weighted by molar-refractivity contribution is 7.88. The standard InChI is InChI=1S/C16H17N3O3S2/c1-12-4-2-5-13(10-12)11-24(20,21)17-8-7-15-18-16(19-22-15)14-6-3-9-23-14/h2-6,9-10,17H,7-8,11H2,1H3. The van der Waals surface area contributed by atoms with Crippen LogP contribution in [0.4, 0.5) is 0 Å². The molecule has 0 amide bonds. The summed E-state index contributed by atoms with van der Waals surface area (Å²) in [5.41, 5.74) is 1.80. The van der Waals surface area contributed by atoms with Crippen molar-refractivity contribution in [2.75, 3.05) is 6.54 Å². The first-order valence-electron chi connectivity index (χ1n) is 7.41. The number of rotatable bonds is 7. The molecule has 6 nitrogen and oxygen atoms in total. The van der Waals surface area contributed by atoms with Crippen LogP contribution in [0, 0.1) is 6.92 Å². The molecular weight excluding hydrogens is 346 g/mol. The first-order valence-corrected chi connectivity index (χ1v) is 9.94. The van der Waals surface area contributed by atoms with Crippen molar-refractivity contribution in [2.24, 2.45) is 0 Å². The van der Waals surface area contributed by atoms with Crippen molar-refractivity contribution in [1.82, 2.24) is 14.9 Å². The Morgan fingerprint density at radius 1 is 1.25 bits per heavy atom. The maximum Gasteiger partial charge on any atom is 0.228 e. The molecule has 0 spiro atoms. The van der Waals surface area contributed by atoms with Gasteiger partial charge in [-0.25, -0.2) is 13.1 Å². The molecule has 3 rings (SSSR count). The van der Waals surface area contributed by atoms with Crippen molar-refractivity contribution in [1.29, 1.82) is 0 Å². The number of aryl methyl sites for hydroxylation is 1. The van der Waals surface area contributed by atoms with Gasteiger partial charge in [0.25, 0.3) is 0 Å². The fourth-order valence-corrected chi connectivity index (χ4v) is 4.03. The summed E-state index contributed by atoms with van der Waals surface area (Å²) >= 11 is 1.52. The molecule has 1 aromatic carbocycles. The molecule has 126 valence electrons. The van der Waals surface area contributed by atoms with Crippen LogP contribution < -0.4 is 4.72 Å². The molecule has 0 saturated heterocycles. The van der Waals surface area contributed by atoms with Crippen LogP contribution in [-0.2, 0) is 22.2 Å². The molecule has 0 saturated carbocycles. The van der Waals surface area contributed by atoms with Crippen LogP contribution in [0.5, 0.6) is 0 Å². The number of nitrogens with one attached hydrogen (secondary N) is 1. The Hall–Kier alpha value is -2.03. The summed E-state index contributed by atoms with van der Waals surface area (Å²) in [6.07, 6.45) is 0.353. The van der Waals surface area contributed by atoms with Crippen molar-refractivity contribution in [3.8, 4) is 10.7 Å². The van der Waals surface area contributed by atoms with Crippen molar-refractivity contribution in [2.45, 2.75) is 19.1 Å². The van der Waals surface area contributed by atoms with Crippen molar-refractivity contribution in [3.63, 3.8) is 0 Å². The van der Waals surface area contributed by atoms with Crippen LogP contribution in [0.3, 0.4) is 0 Å². The normalized spacial score (nSPS) is 11.7. The number of hydrogen-bond acceptors (Lipinski definition) is 6. The van der Waals surface area contributed by atoms with Crippen LogP contribution in [-0.4, -0.2) is 25.1 Å². The molecule has 0 unspecified atom stereocenters. The molecule has 3 aromatic rings. The van der Waals surface area contributed by atoms with Gasteiger partial charge in [-0.1, -0.05) is 41.1 Å². The second-order valence-electron chi connectivity index (χ2n) is 5.38. The minimum Gasteiger partial charge on any atom is -0.339 e. The molecule has 0 aliphatic heterocycles. The van der Waals surface area contributed by atoms with Gasteiger partial charge >= 0.3 is 0 Å². The largest absolute Gasteiger partial charge is 0.339 e. The van der Waals surface area contributed by atoms with Crippen LogP contribution in [0.2, 0.25) is 0 Å². The third kappa shape index (κ3) is 4.50. The van der Waals surface area contributed by atoms with E-state index in [1.807, 2.05) is 42.6 Å². The van der Waals surface area contributed by atoms with Gasteiger partial charge in [0.2, 0.25) is 21.7 Å². The summed E-state index contributed by atoms with van der Waals surface area (Å²) < 4.78 is 31.9. The van der Waals surface area contributed by atoms with Gasteiger partial charge in [0.05, 0.1) is 10.6 Å². The number of aromatic nitrogens is 2. The predicted octanol–water partition coefficient (Wildman–Crippen LogP) is 2.77. The van der Waals surface area contributed by atoms with Crippen LogP contribution in [0.25, 0.3) is 10.7 Å². The second-order valence-corrected chi connectivity index (χ2v) is 8.14. The van der Waals surface area contributed by atoms with Gasteiger partial charge in [-0.05, 0) is 23.9 Å². The minimum atomic E-state index is -3.40. The SMILES string of the molecule is Cc1cccc(CS(=O)(=O)NCCc2nc(-c3cccs3)no2)c1. The van der Waals surface area contributed by atoms with Gasteiger partial charge in [0.1, 0.15) is 0 Å². The average Bonchev–Trinajstić information content (AvgIpc) is 3.17. The van der Waals surface area contributed by atoms with E-state index in [-0.39, 0.29) is 12.3 Å². The van der Waals surface area contributed by atoms with E-state index in [1.54, 1.807) is 6.07 Å². The number of hydrogen-bond donors (Lipinski definition) is 1. The number of nitrogens with zero attached hydrogens (tertiary/aromatic N) is 2. The lowest BCUT2D eigenvalue weighted by Crippen LogP contribution is -2.27. The van der Waals surface area contributed by atoms with Gasteiger partial charge in [-0.3, -0.25) is 0 Å². The van der Waals surface area contributed by atoms with Gasteiger partial charge < -0.3 is 4.52 Å². The Bertz CT molecular complexity index is 902. The summed E-state index contributed by atoms with van der Waals surface area (Å²) in [6.45, 7) is 2.16. The zero-order valence-corrected chi connectivity index (χ0v) is 14.7. The fraction of sp³-hybridized carbons (Fsp3) is 0.250. The number of benzene rings is 1. The minimum absolute atomic E-state index is 0.0427. The molecule has 0 aliphatic carbocycles. The van der Waals surface area contributed by atoms with Crippen molar-refractivity contribution in [3.05, 3.63) is 58.8 Å². The van der Waals surface area contributed by atoms with E-state index in [1.165, 1.54) is 11.3 Å². The Balaban J connectivity index is 1.54. The first kappa shape index (κ1) is 16.8. The highest BCUT2D eigenvalue weighted by atomic mass is 32.2. The Kier molecular flexibility index (Phi) is 5.08. The number of sulfonamides is 1. The summed E-state index contributed by atoms with van der Waals surface area (Å²) in [7, 11) is -3.40. The average molecular weight is 363 g/mol. The quantitative estimate of drug-likeness (QED) is 0.698. The third-order valence-electron chi connectivity index (χ3n) is 3.31. The van der Waals surface area contributed by atoms with E-state index in [4.69, 9.17) is 4.52 Å².